The van der Waals surface area contributed by atoms with Crippen molar-refractivity contribution in [3.05, 3.63) is 83.9 Å². The summed E-state index contributed by atoms with van der Waals surface area (Å²) in [6, 6.07) is 12.2. The zero-order valence-corrected chi connectivity index (χ0v) is 33.9. The predicted octanol–water partition coefficient (Wildman–Crippen LogP) is 2.86. The Bertz CT molecular complexity index is 1860. The van der Waals surface area contributed by atoms with Gasteiger partial charge in [0.1, 0.15) is 23.7 Å². The molecule has 306 valence electrons. The SMILES string of the molecule is C=CCCC(NC(=O)[C@@H]1[C@H]2[C@@H](CN1C(=O)[C@@H](NC(=O)OC(C)(C)C)C1Cc3ccccc3C1)C2(C)C)C(=O)C(=O)NCC(=O)N[C@H](C(=O)N(C)C)c1ccccc1. The van der Waals surface area contributed by atoms with Crippen LogP contribution in [0.4, 0.5) is 4.79 Å². The number of likely N-dealkylation sites (tertiary alicyclic amines) is 1. The lowest BCUT2D eigenvalue weighted by atomic mass is 9.93. The maximum Gasteiger partial charge on any atom is 0.408 e. The molecule has 0 spiro atoms. The molecule has 2 aliphatic carbocycles. The molecule has 1 aliphatic heterocycles. The predicted molar refractivity (Wildman–Crippen MR) is 212 cm³/mol. The molecule has 1 saturated heterocycles. The van der Waals surface area contributed by atoms with Crippen molar-refractivity contribution in [2.75, 3.05) is 27.2 Å². The number of amides is 6. The van der Waals surface area contributed by atoms with Crippen LogP contribution in [0.3, 0.4) is 0 Å². The largest absolute Gasteiger partial charge is 0.444 e. The number of nitrogens with one attached hydrogen (secondary N) is 4. The van der Waals surface area contributed by atoms with E-state index in [1.54, 1.807) is 71.3 Å². The number of carbonyl (C=O) groups is 7. The Balaban J connectivity index is 1.30. The second kappa shape index (κ2) is 17.3. The fourth-order valence-corrected chi connectivity index (χ4v) is 8.26. The van der Waals surface area contributed by atoms with Crippen molar-refractivity contribution < 1.29 is 38.3 Å². The van der Waals surface area contributed by atoms with Crippen LogP contribution in [0.5, 0.6) is 0 Å². The van der Waals surface area contributed by atoms with Gasteiger partial charge in [-0.25, -0.2) is 4.79 Å². The standard InChI is InChI=1S/C43H56N6O8/c1-9-10-20-30(36(51)38(53)44-23-31(50)46-33(39(54)48(7)8)25-16-12-11-13-17-25)45-37(52)35-32-29(43(32,5)6)24-49(35)40(55)34(47-41(56)57-42(2,3)4)28-21-26-18-14-15-19-27(26)22-28/h9,11-19,28-30,32-35H,1,10,20-24H2,2-8H3,(H,44,53)(H,45,52)(H,46,50)(H,47,56)/t29-,30?,32-,33+,34+,35+/m1/s1. The smallest absolute Gasteiger partial charge is 0.408 e. The van der Waals surface area contributed by atoms with Crippen LogP contribution in [0.25, 0.3) is 0 Å². The van der Waals surface area contributed by atoms with Gasteiger partial charge in [-0.2, -0.15) is 0 Å². The molecule has 0 aromatic heterocycles. The zero-order valence-electron chi connectivity index (χ0n) is 33.9. The van der Waals surface area contributed by atoms with E-state index >= 15 is 0 Å². The van der Waals surface area contributed by atoms with E-state index in [0.29, 0.717) is 18.4 Å². The lowest BCUT2D eigenvalue weighted by Gasteiger charge is -2.35. The molecule has 1 unspecified atom stereocenters. The van der Waals surface area contributed by atoms with Crippen molar-refractivity contribution in [2.45, 2.75) is 90.1 Å². The van der Waals surface area contributed by atoms with E-state index < -0.39 is 71.8 Å². The third-order valence-electron chi connectivity index (χ3n) is 11.3. The molecule has 2 aromatic rings. The number of allylic oxidation sites excluding steroid dienone is 1. The Morgan fingerprint density at radius 2 is 1.54 bits per heavy atom. The summed E-state index contributed by atoms with van der Waals surface area (Å²) in [4.78, 5) is 97.7. The third kappa shape index (κ3) is 9.89. The van der Waals surface area contributed by atoms with Crippen molar-refractivity contribution in [3.63, 3.8) is 0 Å². The van der Waals surface area contributed by atoms with E-state index in [0.717, 1.165) is 11.1 Å². The Labute approximate surface area is 334 Å². The molecule has 6 amide bonds. The number of Topliss-reactive ketones (excluding diaryl/α,β-unsaturated/α-hetero) is 1. The molecule has 14 nitrogen and oxygen atoms in total. The highest BCUT2D eigenvalue weighted by Crippen LogP contribution is 2.65. The van der Waals surface area contributed by atoms with E-state index in [1.807, 2.05) is 38.1 Å². The van der Waals surface area contributed by atoms with Gasteiger partial charge in [0.2, 0.25) is 29.4 Å². The van der Waals surface area contributed by atoms with E-state index in [2.05, 4.69) is 27.8 Å². The van der Waals surface area contributed by atoms with Crippen LogP contribution < -0.4 is 21.3 Å². The lowest BCUT2D eigenvalue weighted by Crippen LogP contribution is -2.60. The van der Waals surface area contributed by atoms with Gasteiger partial charge in [0.15, 0.2) is 0 Å². The molecule has 4 N–H and O–H groups in total. The van der Waals surface area contributed by atoms with Gasteiger partial charge in [0.05, 0.1) is 12.6 Å². The van der Waals surface area contributed by atoms with E-state index in [1.165, 1.54) is 9.80 Å². The van der Waals surface area contributed by atoms with Crippen LogP contribution >= 0.6 is 0 Å². The normalized spacial score (nSPS) is 20.8. The Morgan fingerprint density at radius 1 is 0.930 bits per heavy atom. The Kier molecular flexibility index (Phi) is 12.9. The molecule has 1 saturated carbocycles. The number of hydrogen-bond donors (Lipinski definition) is 4. The summed E-state index contributed by atoms with van der Waals surface area (Å²) in [6.45, 7) is 12.7. The molecule has 57 heavy (non-hydrogen) atoms. The molecular weight excluding hydrogens is 729 g/mol. The van der Waals surface area contributed by atoms with Gasteiger partial charge < -0.3 is 35.8 Å². The summed E-state index contributed by atoms with van der Waals surface area (Å²) in [7, 11) is 3.11. The van der Waals surface area contributed by atoms with Crippen molar-refractivity contribution in [1.82, 2.24) is 31.1 Å². The van der Waals surface area contributed by atoms with Crippen LogP contribution in [-0.4, -0.2) is 102 Å². The van der Waals surface area contributed by atoms with Gasteiger partial charge in [-0.05, 0) is 86.3 Å². The highest BCUT2D eigenvalue weighted by Gasteiger charge is 2.70. The molecule has 1 heterocycles. The van der Waals surface area contributed by atoms with E-state index in [9.17, 15) is 33.6 Å². The number of carbonyl (C=O) groups excluding carboxylic acids is 7. The summed E-state index contributed by atoms with van der Waals surface area (Å²) in [5.41, 5.74) is 1.64. The van der Waals surface area contributed by atoms with Crippen LogP contribution in [0.15, 0.2) is 67.3 Å². The monoisotopic (exact) mass is 784 g/mol. The average molecular weight is 785 g/mol. The van der Waals surface area contributed by atoms with Crippen LogP contribution in [0.1, 0.15) is 70.2 Å². The second-order valence-corrected chi connectivity index (χ2v) is 17.1. The summed E-state index contributed by atoms with van der Waals surface area (Å²) < 4.78 is 5.56. The minimum Gasteiger partial charge on any atom is -0.444 e. The fraction of sp³-hybridized carbons (Fsp3) is 0.512. The molecule has 2 fully saturated rings. The number of nitrogens with zero attached hydrogens (tertiary/aromatic N) is 2. The van der Waals surface area contributed by atoms with E-state index in [4.69, 9.17) is 4.74 Å². The maximum absolute atomic E-state index is 14.6. The second-order valence-electron chi connectivity index (χ2n) is 17.1. The lowest BCUT2D eigenvalue weighted by molar-refractivity contribution is -0.145. The number of benzene rings is 2. The number of likely N-dealkylation sites (N-methyl/N-ethyl adjacent to an activating group) is 1. The quantitative estimate of drug-likeness (QED) is 0.157. The van der Waals surface area contributed by atoms with Crippen molar-refractivity contribution in [1.29, 1.82) is 0 Å². The highest BCUT2D eigenvalue weighted by molar-refractivity contribution is 6.38. The molecule has 14 heteroatoms. The van der Waals surface area contributed by atoms with E-state index in [-0.39, 0.29) is 48.5 Å². The summed E-state index contributed by atoms with van der Waals surface area (Å²) in [6.07, 6.45) is 2.25. The number of fused-ring (bicyclic) bond motifs is 2. The first kappa shape index (κ1) is 42.6. The maximum atomic E-state index is 14.6. The van der Waals surface area contributed by atoms with Gasteiger partial charge >= 0.3 is 6.09 Å². The van der Waals surface area contributed by atoms with Crippen LogP contribution in [0.2, 0.25) is 0 Å². The first-order valence-electron chi connectivity index (χ1n) is 19.5. The number of alkyl carbamates (subject to hydrolysis) is 1. The van der Waals surface area contributed by atoms with Gasteiger partial charge in [0, 0.05) is 20.6 Å². The minimum absolute atomic E-state index is 0.00313. The summed E-state index contributed by atoms with van der Waals surface area (Å²) in [5.74, 6) is -4.67. The molecule has 2 aromatic carbocycles. The van der Waals surface area contributed by atoms with Gasteiger partial charge in [0.25, 0.3) is 5.91 Å². The number of ketones is 1. The minimum atomic E-state index is -1.29. The number of hydrogen-bond acceptors (Lipinski definition) is 8. The molecule has 0 bridgehead atoms. The third-order valence-corrected chi connectivity index (χ3v) is 11.3. The Hall–Kier alpha value is -5.53. The topological polar surface area (TPSA) is 183 Å². The van der Waals surface area contributed by atoms with Gasteiger partial charge in [-0.15, -0.1) is 6.58 Å². The molecular formula is C43H56N6O8. The van der Waals surface area contributed by atoms with Crippen LogP contribution in [0, 0.1) is 23.2 Å². The summed E-state index contributed by atoms with van der Waals surface area (Å²) >= 11 is 0. The Morgan fingerprint density at radius 3 is 2.12 bits per heavy atom. The fourth-order valence-electron chi connectivity index (χ4n) is 8.26. The number of ether oxygens (including phenoxy) is 1. The average Bonchev–Trinajstić information content (AvgIpc) is 3.51. The summed E-state index contributed by atoms with van der Waals surface area (Å²) in [5, 5.41) is 10.6. The first-order chi connectivity index (χ1) is 26.8. The van der Waals surface area contributed by atoms with Crippen molar-refractivity contribution >= 4 is 41.4 Å². The molecule has 5 rings (SSSR count). The van der Waals surface area contributed by atoms with Gasteiger partial charge in [-0.1, -0.05) is 74.5 Å². The van der Waals surface area contributed by atoms with Crippen molar-refractivity contribution in [2.24, 2.45) is 23.2 Å². The zero-order chi connectivity index (χ0) is 41.8. The van der Waals surface area contributed by atoms with Crippen molar-refractivity contribution in [3.8, 4) is 0 Å². The molecule has 3 aliphatic rings. The molecule has 6 atom stereocenters. The van der Waals surface area contributed by atoms with Crippen LogP contribution in [-0.2, 0) is 46.3 Å². The highest BCUT2D eigenvalue weighted by atomic mass is 16.6. The molecule has 0 radical (unpaired) electrons. The van der Waals surface area contributed by atoms with Gasteiger partial charge in [-0.3, -0.25) is 28.8 Å². The number of piperidine rings is 1. The number of rotatable bonds is 15. The first-order valence-corrected chi connectivity index (χ1v) is 19.5.